The molecule has 1 aromatic carbocycles. The lowest BCUT2D eigenvalue weighted by atomic mass is 10.2. The topological polar surface area (TPSA) is 64.7 Å². The van der Waals surface area contributed by atoms with Crippen LogP contribution in [0.15, 0.2) is 44.4 Å². The third kappa shape index (κ3) is 3.72. The molecular weight excluding hydrogens is 364 g/mol. The highest BCUT2D eigenvalue weighted by atomic mass is 79.9. The molecule has 3 rings (SSSR count). The summed E-state index contributed by atoms with van der Waals surface area (Å²) in [5.74, 6) is 2.51. The molecule has 0 bridgehead atoms. The Balaban J connectivity index is 1.72. The zero-order valence-electron chi connectivity index (χ0n) is 12.1. The van der Waals surface area contributed by atoms with Crippen LogP contribution in [0.2, 0.25) is 0 Å². The lowest BCUT2D eigenvalue weighted by Crippen LogP contribution is -1.93. The molecule has 22 heavy (non-hydrogen) atoms. The summed E-state index contributed by atoms with van der Waals surface area (Å²) >= 11 is 4.99. The van der Waals surface area contributed by atoms with Gasteiger partial charge in [-0.3, -0.25) is 0 Å². The van der Waals surface area contributed by atoms with Crippen molar-refractivity contribution in [2.75, 3.05) is 0 Å². The van der Waals surface area contributed by atoms with Gasteiger partial charge < -0.3 is 4.52 Å². The Labute approximate surface area is 140 Å². The standard InChI is InChI=1S/C15H13BrN4OS/c1-9-6-14(18-10(2)17-9)22-8-13-19-15(20-21-13)11-4-3-5-12(16)7-11/h3-7H,8H2,1-2H3. The molecule has 0 radical (unpaired) electrons. The monoisotopic (exact) mass is 376 g/mol. The van der Waals surface area contributed by atoms with E-state index in [1.165, 1.54) is 0 Å². The van der Waals surface area contributed by atoms with Gasteiger partial charge in [0, 0.05) is 15.7 Å². The molecule has 0 unspecified atom stereocenters. The SMILES string of the molecule is Cc1cc(SCc2nc(-c3cccc(Br)c3)no2)nc(C)n1. The first-order valence-corrected chi connectivity index (χ1v) is 8.41. The van der Waals surface area contributed by atoms with Crippen LogP contribution in [-0.4, -0.2) is 20.1 Å². The molecule has 112 valence electrons. The van der Waals surface area contributed by atoms with E-state index >= 15 is 0 Å². The van der Waals surface area contributed by atoms with E-state index in [2.05, 4.69) is 36.0 Å². The van der Waals surface area contributed by atoms with Gasteiger partial charge in [-0.1, -0.05) is 45.0 Å². The summed E-state index contributed by atoms with van der Waals surface area (Å²) < 4.78 is 6.28. The van der Waals surface area contributed by atoms with Gasteiger partial charge in [-0.15, -0.1) is 0 Å². The minimum absolute atomic E-state index is 0.578. The van der Waals surface area contributed by atoms with Crippen LogP contribution in [0, 0.1) is 13.8 Å². The van der Waals surface area contributed by atoms with E-state index in [4.69, 9.17) is 4.52 Å². The smallest absolute Gasteiger partial charge is 0.237 e. The fourth-order valence-corrected chi connectivity index (χ4v) is 3.19. The number of thioether (sulfide) groups is 1. The molecule has 2 aromatic heterocycles. The zero-order chi connectivity index (χ0) is 15.5. The highest BCUT2D eigenvalue weighted by Gasteiger charge is 2.10. The van der Waals surface area contributed by atoms with E-state index < -0.39 is 0 Å². The Morgan fingerprint density at radius 2 is 2.00 bits per heavy atom. The predicted octanol–water partition coefficient (Wildman–Crippen LogP) is 4.20. The molecule has 3 aromatic rings. The fraction of sp³-hybridized carbons (Fsp3) is 0.200. The Morgan fingerprint density at radius 3 is 2.77 bits per heavy atom. The quantitative estimate of drug-likeness (QED) is 0.502. The van der Waals surface area contributed by atoms with Gasteiger partial charge in [0.15, 0.2) is 0 Å². The number of rotatable bonds is 4. The van der Waals surface area contributed by atoms with Crippen molar-refractivity contribution in [3.8, 4) is 11.4 Å². The van der Waals surface area contributed by atoms with Crippen LogP contribution in [0.3, 0.4) is 0 Å². The summed E-state index contributed by atoms with van der Waals surface area (Å²) in [6, 6.07) is 9.75. The van der Waals surface area contributed by atoms with Gasteiger partial charge in [0.25, 0.3) is 0 Å². The lowest BCUT2D eigenvalue weighted by molar-refractivity contribution is 0.391. The number of hydrogen-bond donors (Lipinski definition) is 0. The summed E-state index contributed by atoms with van der Waals surface area (Å²) in [4.78, 5) is 13.1. The average Bonchev–Trinajstić information content (AvgIpc) is 2.93. The van der Waals surface area contributed by atoms with Crippen LogP contribution in [0.5, 0.6) is 0 Å². The van der Waals surface area contributed by atoms with Gasteiger partial charge in [-0.25, -0.2) is 9.97 Å². The third-order valence-electron chi connectivity index (χ3n) is 2.84. The van der Waals surface area contributed by atoms with E-state index in [-0.39, 0.29) is 0 Å². The lowest BCUT2D eigenvalue weighted by Gasteiger charge is -2.00. The Kier molecular flexibility index (Phi) is 4.54. The summed E-state index contributed by atoms with van der Waals surface area (Å²) in [5, 5.41) is 4.93. The van der Waals surface area contributed by atoms with Crippen LogP contribution in [0.1, 0.15) is 17.4 Å². The van der Waals surface area contributed by atoms with Gasteiger partial charge in [-0.2, -0.15) is 4.98 Å². The summed E-state index contributed by atoms with van der Waals surface area (Å²) in [7, 11) is 0. The molecular formula is C15H13BrN4OS. The van der Waals surface area contributed by atoms with Crippen LogP contribution >= 0.6 is 27.7 Å². The first-order valence-electron chi connectivity index (χ1n) is 6.64. The van der Waals surface area contributed by atoms with Crippen LogP contribution in [0.4, 0.5) is 0 Å². The number of benzene rings is 1. The van der Waals surface area contributed by atoms with Gasteiger partial charge in [-0.05, 0) is 32.0 Å². The van der Waals surface area contributed by atoms with Crippen molar-refractivity contribution >= 4 is 27.7 Å². The number of halogens is 1. The second kappa shape index (κ2) is 6.58. The Morgan fingerprint density at radius 1 is 1.14 bits per heavy atom. The largest absolute Gasteiger partial charge is 0.338 e. The second-order valence-corrected chi connectivity index (χ2v) is 6.62. The van der Waals surface area contributed by atoms with Crippen LogP contribution in [0.25, 0.3) is 11.4 Å². The molecule has 0 saturated heterocycles. The van der Waals surface area contributed by atoms with Crippen molar-refractivity contribution in [3.05, 3.63) is 52.2 Å². The molecule has 0 aliphatic carbocycles. The van der Waals surface area contributed by atoms with Crippen molar-refractivity contribution in [1.29, 1.82) is 0 Å². The van der Waals surface area contributed by atoms with Crippen molar-refractivity contribution < 1.29 is 4.52 Å². The number of nitrogens with zero attached hydrogens (tertiary/aromatic N) is 4. The summed E-state index contributed by atoms with van der Waals surface area (Å²) in [5.41, 5.74) is 1.87. The maximum atomic E-state index is 5.30. The van der Waals surface area contributed by atoms with Gasteiger partial charge >= 0.3 is 0 Å². The molecule has 2 heterocycles. The van der Waals surface area contributed by atoms with E-state index in [1.807, 2.05) is 44.2 Å². The molecule has 0 spiro atoms. The molecule has 0 saturated carbocycles. The van der Waals surface area contributed by atoms with Gasteiger partial charge in [0.1, 0.15) is 10.9 Å². The minimum atomic E-state index is 0.578. The van der Waals surface area contributed by atoms with Gasteiger partial charge in [0.05, 0.1) is 5.75 Å². The first-order chi connectivity index (χ1) is 10.6. The van der Waals surface area contributed by atoms with Crippen molar-refractivity contribution in [2.24, 2.45) is 0 Å². The van der Waals surface area contributed by atoms with E-state index in [1.54, 1.807) is 11.8 Å². The maximum Gasteiger partial charge on any atom is 0.237 e. The highest BCUT2D eigenvalue weighted by Crippen LogP contribution is 2.24. The van der Waals surface area contributed by atoms with E-state index in [0.717, 1.165) is 26.6 Å². The molecule has 0 aliphatic heterocycles. The molecule has 0 fully saturated rings. The predicted molar refractivity (Wildman–Crippen MR) is 88.5 cm³/mol. The zero-order valence-corrected chi connectivity index (χ0v) is 14.5. The van der Waals surface area contributed by atoms with Crippen LogP contribution in [-0.2, 0) is 5.75 Å². The van der Waals surface area contributed by atoms with Crippen LogP contribution < -0.4 is 0 Å². The number of aryl methyl sites for hydroxylation is 2. The Hall–Kier alpha value is -1.73. The van der Waals surface area contributed by atoms with Crippen molar-refractivity contribution in [1.82, 2.24) is 20.1 Å². The molecule has 0 aliphatic rings. The van der Waals surface area contributed by atoms with Crippen molar-refractivity contribution in [2.45, 2.75) is 24.6 Å². The summed E-state index contributed by atoms with van der Waals surface area (Å²) in [6.45, 7) is 3.84. The normalized spacial score (nSPS) is 10.9. The highest BCUT2D eigenvalue weighted by molar-refractivity contribution is 9.10. The fourth-order valence-electron chi connectivity index (χ4n) is 1.95. The Bertz CT molecular complexity index is 785. The molecule has 0 amide bonds. The average molecular weight is 377 g/mol. The van der Waals surface area contributed by atoms with E-state index in [9.17, 15) is 0 Å². The number of hydrogen-bond acceptors (Lipinski definition) is 6. The van der Waals surface area contributed by atoms with Gasteiger partial charge in [0.2, 0.25) is 11.7 Å². The molecule has 7 heteroatoms. The molecule has 0 N–H and O–H groups in total. The minimum Gasteiger partial charge on any atom is -0.338 e. The second-order valence-electron chi connectivity index (χ2n) is 4.71. The molecule has 5 nitrogen and oxygen atoms in total. The first kappa shape index (κ1) is 15.2. The summed E-state index contributed by atoms with van der Waals surface area (Å²) in [6.07, 6.45) is 0. The maximum absolute atomic E-state index is 5.30. The third-order valence-corrected chi connectivity index (χ3v) is 4.23. The van der Waals surface area contributed by atoms with E-state index in [0.29, 0.717) is 17.5 Å². The molecule has 0 atom stereocenters. The number of aromatic nitrogens is 4. The van der Waals surface area contributed by atoms with Crippen molar-refractivity contribution in [3.63, 3.8) is 0 Å².